The Balaban J connectivity index is 2.38. The molecule has 5 heteroatoms. The number of nitrogens with one attached hydrogen (secondary N) is 1. The number of carbonyl (C=O) groups excluding carboxylic acids is 1. The van der Waals surface area contributed by atoms with Gasteiger partial charge in [0, 0.05) is 18.0 Å². The first kappa shape index (κ1) is 12.8. The maximum absolute atomic E-state index is 11.6. The van der Waals surface area contributed by atoms with E-state index in [4.69, 9.17) is 5.73 Å². The molecule has 1 rings (SSSR count). The van der Waals surface area contributed by atoms with Gasteiger partial charge in [-0.1, -0.05) is 6.92 Å². The van der Waals surface area contributed by atoms with Crippen LogP contribution in [-0.2, 0) is 0 Å². The van der Waals surface area contributed by atoms with Gasteiger partial charge in [-0.05, 0) is 24.8 Å². The number of rotatable bonds is 5. The van der Waals surface area contributed by atoms with Crippen LogP contribution in [0.15, 0.2) is 18.3 Å². The van der Waals surface area contributed by atoms with Crippen molar-refractivity contribution in [2.24, 2.45) is 0 Å². The molecule has 4 nitrogen and oxygen atoms in total. The van der Waals surface area contributed by atoms with Crippen LogP contribution in [0.3, 0.4) is 0 Å². The predicted molar refractivity (Wildman–Crippen MR) is 68.6 cm³/mol. The largest absolute Gasteiger partial charge is 0.384 e. The van der Waals surface area contributed by atoms with Crippen molar-refractivity contribution in [3.05, 3.63) is 23.9 Å². The van der Waals surface area contributed by atoms with Gasteiger partial charge in [-0.15, -0.1) is 0 Å². The van der Waals surface area contributed by atoms with Gasteiger partial charge in [0.2, 0.25) is 0 Å². The van der Waals surface area contributed by atoms with Crippen LogP contribution in [0.1, 0.15) is 23.7 Å². The first-order chi connectivity index (χ1) is 7.63. The number of carbonyl (C=O) groups is 1. The van der Waals surface area contributed by atoms with E-state index in [-0.39, 0.29) is 5.91 Å². The second-order valence-electron chi connectivity index (χ2n) is 3.56. The summed E-state index contributed by atoms with van der Waals surface area (Å²) in [6.45, 7) is 2.83. The van der Waals surface area contributed by atoms with Crippen molar-refractivity contribution in [3.63, 3.8) is 0 Å². The molecule has 0 fully saturated rings. The average Bonchev–Trinajstić information content (AvgIpc) is 2.29. The maximum Gasteiger partial charge on any atom is 0.252 e. The van der Waals surface area contributed by atoms with Crippen molar-refractivity contribution >= 4 is 23.5 Å². The molecule has 0 aliphatic rings. The Kier molecular flexibility index (Phi) is 5.11. The molecule has 0 saturated heterocycles. The fourth-order valence-corrected chi connectivity index (χ4v) is 1.50. The minimum absolute atomic E-state index is 0.0965. The van der Waals surface area contributed by atoms with E-state index in [0.717, 1.165) is 6.42 Å². The number of nitrogens with zero attached hydrogens (tertiary/aromatic N) is 1. The van der Waals surface area contributed by atoms with Crippen LogP contribution in [0.5, 0.6) is 0 Å². The van der Waals surface area contributed by atoms with Gasteiger partial charge in [0.25, 0.3) is 5.91 Å². The first-order valence-electron chi connectivity index (χ1n) is 5.16. The standard InChI is InChI=1S/C11H17N3OS/c1-8(16-2)5-6-13-11(15)9-3-4-10(12)14-7-9/h3-4,7-8H,5-6H2,1-2H3,(H2,12,14)(H,13,15). The monoisotopic (exact) mass is 239 g/mol. The minimum atomic E-state index is -0.0965. The molecule has 1 aromatic rings. The quantitative estimate of drug-likeness (QED) is 0.817. The highest BCUT2D eigenvalue weighted by Gasteiger charge is 2.06. The third-order valence-electron chi connectivity index (χ3n) is 2.29. The van der Waals surface area contributed by atoms with Crippen LogP contribution in [0, 0.1) is 0 Å². The predicted octanol–water partition coefficient (Wildman–Crippen LogP) is 1.54. The van der Waals surface area contributed by atoms with Crippen molar-refractivity contribution in [1.29, 1.82) is 0 Å². The zero-order valence-corrected chi connectivity index (χ0v) is 10.4. The Labute approximate surface area is 100 Å². The summed E-state index contributed by atoms with van der Waals surface area (Å²) >= 11 is 1.79. The van der Waals surface area contributed by atoms with Crippen LogP contribution in [0.4, 0.5) is 5.82 Å². The molecule has 1 atom stereocenters. The summed E-state index contributed by atoms with van der Waals surface area (Å²) in [4.78, 5) is 15.5. The van der Waals surface area contributed by atoms with Gasteiger partial charge in [0.1, 0.15) is 5.82 Å². The fraction of sp³-hybridized carbons (Fsp3) is 0.455. The Morgan fingerprint density at radius 1 is 1.62 bits per heavy atom. The first-order valence-corrected chi connectivity index (χ1v) is 6.44. The summed E-state index contributed by atoms with van der Waals surface area (Å²) in [5.74, 6) is 0.327. The summed E-state index contributed by atoms with van der Waals surface area (Å²) in [7, 11) is 0. The molecule has 3 N–H and O–H groups in total. The maximum atomic E-state index is 11.6. The molecule has 0 spiro atoms. The van der Waals surface area contributed by atoms with Gasteiger partial charge >= 0.3 is 0 Å². The number of hydrogen-bond donors (Lipinski definition) is 2. The molecule has 0 aliphatic heterocycles. The van der Waals surface area contributed by atoms with E-state index in [1.54, 1.807) is 23.9 Å². The number of hydrogen-bond acceptors (Lipinski definition) is 4. The van der Waals surface area contributed by atoms with E-state index < -0.39 is 0 Å². The lowest BCUT2D eigenvalue weighted by atomic mass is 10.2. The Bertz CT molecular complexity index is 340. The second-order valence-corrected chi connectivity index (χ2v) is 4.84. The van der Waals surface area contributed by atoms with Crippen LogP contribution in [0.25, 0.3) is 0 Å². The molecule has 0 aromatic carbocycles. The summed E-state index contributed by atoms with van der Waals surface area (Å²) in [6, 6.07) is 3.30. The molecule has 1 aromatic heterocycles. The SMILES string of the molecule is CSC(C)CCNC(=O)c1ccc(N)nc1. The topological polar surface area (TPSA) is 68.0 Å². The number of thioether (sulfide) groups is 1. The lowest BCUT2D eigenvalue weighted by molar-refractivity contribution is 0.0953. The van der Waals surface area contributed by atoms with Crippen LogP contribution >= 0.6 is 11.8 Å². The van der Waals surface area contributed by atoms with Crippen LogP contribution < -0.4 is 11.1 Å². The van der Waals surface area contributed by atoms with Crippen molar-refractivity contribution < 1.29 is 4.79 Å². The molecule has 88 valence electrons. The Hall–Kier alpha value is -1.23. The number of nitrogen functional groups attached to an aromatic ring is 1. The zero-order valence-electron chi connectivity index (χ0n) is 9.56. The van der Waals surface area contributed by atoms with E-state index in [1.165, 1.54) is 6.20 Å². The van der Waals surface area contributed by atoms with E-state index in [1.807, 2.05) is 0 Å². The van der Waals surface area contributed by atoms with Gasteiger partial charge in [-0.2, -0.15) is 11.8 Å². The summed E-state index contributed by atoms with van der Waals surface area (Å²) in [6.07, 6.45) is 4.52. The molecular formula is C11H17N3OS. The number of nitrogens with two attached hydrogens (primary N) is 1. The van der Waals surface area contributed by atoms with Crippen molar-refractivity contribution in [2.75, 3.05) is 18.5 Å². The lowest BCUT2D eigenvalue weighted by Gasteiger charge is -2.09. The molecule has 1 unspecified atom stereocenters. The van der Waals surface area contributed by atoms with E-state index in [2.05, 4.69) is 23.5 Å². The Morgan fingerprint density at radius 3 is 2.94 bits per heavy atom. The summed E-state index contributed by atoms with van der Waals surface area (Å²) in [5, 5.41) is 3.41. The number of aromatic nitrogens is 1. The highest BCUT2D eigenvalue weighted by atomic mass is 32.2. The van der Waals surface area contributed by atoms with Crippen molar-refractivity contribution in [1.82, 2.24) is 10.3 Å². The highest BCUT2D eigenvalue weighted by Crippen LogP contribution is 2.08. The lowest BCUT2D eigenvalue weighted by Crippen LogP contribution is -2.26. The van der Waals surface area contributed by atoms with Crippen LogP contribution in [-0.4, -0.2) is 28.9 Å². The second kappa shape index (κ2) is 6.37. The van der Waals surface area contributed by atoms with Gasteiger partial charge in [0.15, 0.2) is 0 Å². The highest BCUT2D eigenvalue weighted by molar-refractivity contribution is 7.99. The van der Waals surface area contributed by atoms with Gasteiger partial charge in [-0.25, -0.2) is 4.98 Å². The van der Waals surface area contributed by atoms with Crippen LogP contribution in [0.2, 0.25) is 0 Å². The van der Waals surface area contributed by atoms with Crippen molar-refractivity contribution in [3.8, 4) is 0 Å². The van der Waals surface area contributed by atoms with Gasteiger partial charge in [0.05, 0.1) is 5.56 Å². The fourth-order valence-electron chi connectivity index (χ4n) is 1.15. The molecule has 0 bridgehead atoms. The van der Waals surface area contributed by atoms with Gasteiger partial charge in [-0.3, -0.25) is 4.79 Å². The average molecular weight is 239 g/mol. The third-order valence-corrected chi connectivity index (χ3v) is 3.33. The third kappa shape index (κ3) is 4.10. The molecule has 0 saturated carbocycles. The smallest absolute Gasteiger partial charge is 0.252 e. The zero-order chi connectivity index (χ0) is 12.0. The summed E-state index contributed by atoms with van der Waals surface area (Å²) in [5.41, 5.74) is 5.99. The van der Waals surface area contributed by atoms with E-state index >= 15 is 0 Å². The summed E-state index contributed by atoms with van der Waals surface area (Å²) < 4.78 is 0. The molecule has 16 heavy (non-hydrogen) atoms. The minimum Gasteiger partial charge on any atom is -0.384 e. The van der Waals surface area contributed by atoms with Crippen molar-refractivity contribution in [2.45, 2.75) is 18.6 Å². The number of pyridine rings is 1. The number of amides is 1. The number of anilines is 1. The Morgan fingerprint density at radius 2 is 2.38 bits per heavy atom. The van der Waals surface area contributed by atoms with E-state index in [9.17, 15) is 4.79 Å². The van der Waals surface area contributed by atoms with Gasteiger partial charge < -0.3 is 11.1 Å². The molecule has 1 heterocycles. The molecule has 0 aliphatic carbocycles. The molecular weight excluding hydrogens is 222 g/mol. The molecule has 1 amide bonds. The molecule has 0 radical (unpaired) electrons. The van der Waals surface area contributed by atoms with E-state index in [0.29, 0.717) is 23.2 Å². The normalized spacial score (nSPS) is 12.1.